The zero-order valence-electron chi connectivity index (χ0n) is 9.82. The molecule has 1 fully saturated rings. The Morgan fingerprint density at radius 2 is 2.06 bits per heavy atom. The van der Waals surface area contributed by atoms with Gasteiger partial charge in [-0.1, -0.05) is 0 Å². The van der Waals surface area contributed by atoms with E-state index in [2.05, 4.69) is 0 Å². The van der Waals surface area contributed by atoms with Crippen LogP contribution in [0.25, 0.3) is 0 Å². The molecule has 1 saturated heterocycles. The van der Waals surface area contributed by atoms with E-state index in [0.29, 0.717) is 11.4 Å². The van der Waals surface area contributed by atoms with Gasteiger partial charge in [0.25, 0.3) is 0 Å². The van der Waals surface area contributed by atoms with Crippen LogP contribution >= 0.6 is 0 Å². The highest BCUT2D eigenvalue weighted by molar-refractivity contribution is 5.82. The fraction of sp³-hybridized carbons (Fsp3) is 0.417. The summed E-state index contributed by atoms with van der Waals surface area (Å²) in [5.41, 5.74) is 6.66. The van der Waals surface area contributed by atoms with E-state index in [0.717, 1.165) is 19.5 Å². The second-order valence-corrected chi connectivity index (χ2v) is 4.33. The molecule has 0 unspecified atom stereocenters. The summed E-state index contributed by atoms with van der Waals surface area (Å²) in [6.45, 7) is 1.75. The number of likely N-dealkylation sites (N-methyl/N-ethyl adjacent to an activating group) is 1. The largest absolute Gasteiger partial charge is 0.399 e. The summed E-state index contributed by atoms with van der Waals surface area (Å²) < 4.78 is 13.3. The smallest absolute Gasteiger partial charge is 0.241 e. The van der Waals surface area contributed by atoms with Crippen LogP contribution in [-0.4, -0.2) is 37.5 Å². The van der Waals surface area contributed by atoms with Crippen molar-refractivity contribution in [1.82, 2.24) is 4.90 Å². The van der Waals surface area contributed by atoms with Gasteiger partial charge in [0.05, 0.1) is 6.54 Å². The third kappa shape index (κ3) is 2.67. The van der Waals surface area contributed by atoms with Crippen molar-refractivity contribution >= 4 is 17.3 Å². The lowest BCUT2D eigenvalue weighted by Gasteiger charge is -2.22. The molecule has 17 heavy (non-hydrogen) atoms. The molecule has 0 atom stereocenters. The first-order chi connectivity index (χ1) is 8.06. The number of halogens is 1. The second kappa shape index (κ2) is 4.61. The molecule has 4 nitrogen and oxygen atoms in total. The van der Waals surface area contributed by atoms with Crippen molar-refractivity contribution in [2.75, 3.05) is 37.3 Å². The topological polar surface area (TPSA) is 49.6 Å². The Bertz CT molecular complexity index is 416. The molecule has 0 spiro atoms. The molecule has 92 valence electrons. The third-order valence-corrected chi connectivity index (χ3v) is 2.94. The number of hydrogen-bond acceptors (Lipinski definition) is 3. The van der Waals surface area contributed by atoms with E-state index >= 15 is 0 Å². The van der Waals surface area contributed by atoms with Crippen molar-refractivity contribution in [3.8, 4) is 0 Å². The average Bonchev–Trinajstić information content (AvgIpc) is 2.40. The highest BCUT2D eigenvalue weighted by atomic mass is 19.1. The molecule has 1 aromatic rings. The van der Waals surface area contributed by atoms with Gasteiger partial charge in [0.15, 0.2) is 0 Å². The first-order valence-corrected chi connectivity index (χ1v) is 5.61. The van der Waals surface area contributed by atoms with Crippen LogP contribution in [-0.2, 0) is 4.79 Å². The van der Waals surface area contributed by atoms with Gasteiger partial charge in [-0.15, -0.1) is 0 Å². The summed E-state index contributed by atoms with van der Waals surface area (Å²) in [6, 6.07) is 4.38. The molecule has 0 radical (unpaired) electrons. The molecule has 0 aromatic heterocycles. The summed E-state index contributed by atoms with van der Waals surface area (Å²) in [4.78, 5) is 15.3. The zero-order valence-corrected chi connectivity index (χ0v) is 9.82. The Hall–Kier alpha value is -1.78. The predicted octanol–water partition coefficient (Wildman–Crippen LogP) is 1.08. The van der Waals surface area contributed by atoms with Gasteiger partial charge in [0.1, 0.15) is 5.82 Å². The Morgan fingerprint density at radius 1 is 1.29 bits per heavy atom. The van der Waals surface area contributed by atoms with Crippen LogP contribution in [0.2, 0.25) is 0 Å². The summed E-state index contributed by atoms with van der Waals surface area (Å²) in [6.07, 6.45) is 0.874. The summed E-state index contributed by atoms with van der Waals surface area (Å²) in [5.74, 6) is -0.324. The van der Waals surface area contributed by atoms with Gasteiger partial charge < -0.3 is 15.5 Å². The Kier molecular flexibility index (Phi) is 3.17. The molecule has 2 rings (SSSR count). The van der Waals surface area contributed by atoms with Crippen LogP contribution in [0.5, 0.6) is 0 Å². The lowest BCUT2D eigenvalue weighted by molar-refractivity contribution is -0.127. The van der Waals surface area contributed by atoms with Gasteiger partial charge in [-0.3, -0.25) is 4.79 Å². The van der Waals surface area contributed by atoms with Crippen LogP contribution in [0, 0.1) is 5.82 Å². The maximum absolute atomic E-state index is 13.3. The zero-order chi connectivity index (χ0) is 12.4. The first kappa shape index (κ1) is 11.7. The molecule has 0 aliphatic carbocycles. The van der Waals surface area contributed by atoms with Crippen molar-refractivity contribution in [1.29, 1.82) is 0 Å². The van der Waals surface area contributed by atoms with Crippen LogP contribution in [0.15, 0.2) is 18.2 Å². The maximum atomic E-state index is 13.3. The molecular weight excluding hydrogens is 221 g/mol. The number of carbonyl (C=O) groups is 1. The molecular formula is C12H16FN3O. The number of carbonyl (C=O) groups excluding carboxylic acids is 1. The molecule has 0 saturated carbocycles. The predicted molar refractivity (Wildman–Crippen MR) is 65.3 cm³/mol. The average molecular weight is 237 g/mol. The van der Waals surface area contributed by atoms with Crippen molar-refractivity contribution in [3.05, 3.63) is 24.0 Å². The molecule has 5 heteroatoms. The number of benzene rings is 1. The van der Waals surface area contributed by atoms with Crippen LogP contribution in [0.1, 0.15) is 6.42 Å². The summed E-state index contributed by atoms with van der Waals surface area (Å²) in [5, 5.41) is 0. The molecule has 1 heterocycles. The molecule has 2 N–H and O–H groups in total. The van der Waals surface area contributed by atoms with Crippen molar-refractivity contribution in [3.63, 3.8) is 0 Å². The van der Waals surface area contributed by atoms with E-state index in [9.17, 15) is 9.18 Å². The first-order valence-electron chi connectivity index (χ1n) is 5.61. The van der Waals surface area contributed by atoms with E-state index in [-0.39, 0.29) is 18.3 Å². The van der Waals surface area contributed by atoms with Gasteiger partial charge in [0, 0.05) is 31.5 Å². The van der Waals surface area contributed by atoms with Crippen LogP contribution in [0.4, 0.5) is 15.8 Å². The minimum absolute atomic E-state index is 0.0466. The van der Waals surface area contributed by atoms with Crippen molar-refractivity contribution in [2.24, 2.45) is 0 Å². The number of anilines is 2. The molecule has 0 bridgehead atoms. The maximum Gasteiger partial charge on any atom is 0.241 e. The van der Waals surface area contributed by atoms with Crippen LogP contribution in [0.3, 0.4) is 0 Å². The molecule has 1 amide bonds. The minimum Gasteiger partial charge on any atom is -0.399 e. The Morgan fingerprint density at radius 3 is 2.76 bits per heavy atom. The van der Waals surface area contributed by atoms with Gasteiger partial charge >= 0.3 is 0 Å². The van der Waals surface area contributed by atoms with E-state index in [1.54, 1.807) is 18.0 Å². The highest BCUT2D eigenvalue weighted by Crippen LogP contribution is 2.21. The van der Waals surface area contributed by atoms with Gasteiger partial charge in [-0.25, -0.2) is 4.39 Å². The SMILES string of the molecule is CN1CCCN(c2cc(N)cc(F)c2)CC1=O. The number of nitrogens with two attached hydrogens (primary N) is 1. The fourth-order valence-corrected chi connectivity index (χ4v) is 1.99. The molecule has 1 aromatic carbocycles. The monoisotopic (exact) mass is 237 g/mol. The van der Waals surface area contributed by atoms with Gasteiger partial charge in [0.2, 0.25) is 5.91 Å². The second-order valence-electron chi connectivity index (χ2n) is 4.33. The standard InChI is InChI=1S/C12H16FN3O/c1-15-3-2-4-16(8-12(15)17)11-6-9(13)5-10(14)7-11/h5-7H,2-4,8,14H2,1H3. The Labute approximate surface area is 99.8 Å². The number of nitrogens with zero attached hydrogens (tertiary/aromatic N) is 2. The Balaban J connectivity index is 2.23. The number of hydrogen-bond donors (Lipinski definition) is 1. The minimum atomic E-state index is -0.370. The number of amides is 1. The summed E-state index contributed by atoms with van der Waals surface area (Å²) in [7, 11) is 1.78. The third-order valence-electron chi connectivity index (χ3n) is 2.94. The van der Waals surface area contributed by atoms with E-state index in [1.165, 1.54) is 12.1 Å². The normalized spacial score (nSPS) is 17.2. The molecule has 1 aliphatic rings. The van der Waals surface area contributed by atoms with Crippen LogP contribution < -0.4 is 10.6 Å². The lowest BCUT2D eigenvalue weighted by atomic mass is 10.2. The van der Waals surface area contributed by atoms with E-state index in [1.807, 2.05) is 4.90 Å². The van der Waals surface area contributed by atoms with Crippen molar-refractivity contribution < 1.29 is 9.18 Å². The lowest BCUT2D eigenvalue weighted by Crippen LogP contribution is -2.34. The van der Waals surface area contributed by atoms with E-state index < -0.39 is 0 Å². The van der Waals surface area contributed by atoms with Crippen molar-refractivity contribution in [2.45, 2.75) is 6.42 Å². The highest BCUT2D eigenvalue weighted by Gasteiger charge is 2.19. The number of rotatable bonds is 1. The quantitative estimate of drug-likeness (QED) is 0.743. The molecule has 1 aliphatic heterocycles. The number of nitrogen functional groups attached to an aromatic ring is 1. The summed E-state index contributed by atoms with van der Waals surface area (Å²) >= 11 is 0. The van der Waals surface area contributed by atoms with Gasteiger partial charge in [-0.05, 0) is 24.6 Å². The fourth-order valence-electron chi connectivity index (χ4n) is 1.99. The van der Waals surface area contributed by atoms with Gasteiger partial charge in [-0.2, -0.15) is 0 Å². The van der Waals surface area contributed by atoms with E-state index in [4.69, 9.17) is 5.73 Å².